The first kappa shape index (κ1) is 10.5. The zero-order valence-electron chi connectivity index (χ0n) is 7.34. The first-order valence-electron chi connectivity index (χ1n) is 3.69. The highest BCUT2D eigenvalue weighted by Gasteiger charge is 2.08. The van der Waals surface area contributed by atoms with Crippen LogP contribution in [0.4, 0.5) is 0 Å². The number of carbonyl (C=O) groups excluding carboxylic acids is 1. The Kier molecular flexibility index (Phi) is 3.33. The lowest BCUT2D eigenvalue weighted by molar-refractivity contribution is 0.0827. The monoisotopic (exact) mass is 261 g/mol. The van der Waals surface area contributed by atoms with Crippen molar-refractivity contribution in [2.45, 2.75) is 0 Å². The summed E-state index contributed by atoms with van der Waals surface area (Å²) in [7, 11) is 3.43. The topological polar surface area (TPSA) is 20.3 Å². The Labute approximate surface area is 90.6 Å². The zero-order valence-corrected chi connectivity index (χ0v) is 9.69. The van der Waals surface area contributed by atoms with E-state index in [1.54, 1.807) is 32.3 Å². The summed E-state index contributed by atoms with van der Waals surface area (Å²) in [6.07, 6.45) is 0. The van der Waals surface area contributed by atoms with E-state index in [9.17, 15) is 4.79 Å². The molecule has 0 radical (unpaired) electrons. The molecule has 0 saturated heterocycles. The van der Waals surface area contributed by atoms with Gasteiger partial charge in [-0.25, -0.2) is 0 Å². The fourth-order valence-corrected chi connectivity index (χ4v) is 1.38. The van der Waals surface area contributed by atoms with Crippen LogP contribution in [-0.4, -0.2) is 24.9 Å². The molecule has 13 heavy (non-hydrogen) atoms. The molecule has 1 rings (SSSR count). The van der Waals surface area contributed by atoms with Gasteiger partial charge in [0.25, 0.3) is 5.91 Å². The minimum Gasteiger partial charge on any atom is -0.345 e. The molecule has 0 aliphatic heterocycles. The predicted octanol–water partition coefficient (Wildman–Crippen LogP) is 2.80. The van der Waals surface area contributed by atoms with Gasteiger partial charge in [0.2, 0.25) is 0 Å². The lowest BCUT2D eigenvalue weighted by Gasteiger charge is -2.10. The van der Waals surface area contributed by atoms with Gasteiger partial charge in [-0.15, -0.1) is 0 Å². The van der Waals surface area contributed by atoms with E-state index in [0.717, 1.165) is 4.47 Å². The standard InChI is InChI=1S/C9H9BrClNO/c1-12(2)9(13)6-3-4-8(11)7(10)5-6/h3-5H,1-2H3. The molecule has 0 spiro atoms. The Balaban J connectivity index is 3.04. The lowest BCUT2D eigenvalue weighted by Crippen LogP contribution is -2.21. The van der Waals surface area contributed by atoms with Gasteiger partial charge in [0, 0.05) is 24.1 Å². The van der Waals surface area contributed by atoms with Gasteiger partial charge >= 0.3 is 0 Å². The SMILES string of the molecule is CN(C)C(=O)c1ccc(Cl)c(Br)c1. The molecule has 0 unspecified atom stereocenters. The maximum Gasteiger partial charge on any atom is 0.253 e. The molecule has 1 aromatic carbocycles. The van der Waals surface area contributed by atoms with E-state index >= 15 is 0 Å². The van der Waals surface area contributed by atoms with E-state index in [0.29, 0.717) is 10.6 Å². The molecule has 0 aliphatic rings. The van der Waals surface area contributed by atoms with Crippen molar-refractivity contribution >= 4 is 33.4 Å². The summed E-state index contributed by atoms with van der Waals surface area (Å²) in [4.78, 5) is 13.0. The molecule has 0 aliphatic carbocycles. The van der Waals surface area contributed by atoms with Crippen molar-refractivity contribution in [2.75, 3.05) is 14.1 Å². The van der Waals surface area contributed by atoms with Crippen LogP contribution in [0.3, 0.4) is 0 Å². The van der Waals surface area contributed by atoms with Crippen molar-refractivity contribution in [3.05, 3.63) is 33.3 Å². The Morgan fingerprint density at radius 3 is 2.54 bits per heavy atom. The van der Waals surface area contributed by atoms with Crippen LogP contribution < -0.4 is 0 Å². The van der Waals surface area contributed by atoms with Gasteiger partial charge in [0.05, 0.1) is 5.02 Å². The van der Waals surface area contributed by atoms with E-state index in [2.05, 4.69) is 15.9 Å². The maximum absolute atomic E-state index is 11.5. The number of amides is 1. The number of carbonyl (C=O) groups is 1. The molecule has 0 saturated carbocycles. The van der Waals surface area contributed by atoms with Crippen molar-refractivity contribution in [1.82, 2.24) is 4.90 Å². The highest BCUT2D eigenvalue weighted by molar-refractivity contribution is 9.10. The molecule has 1 amide bonds. The number of nitrogens with zero attached hydrogens (tertiary/aromatic N) is 1. The van der Waals surface area contributed by atoms with Crippen LogP contribution in [0.1, 0.15) is 10.4 Å². The Morgan fingerprint density at radius 1 is 1.46 bits per heavy atom. The minimum absolute atomic E-state index is 0.0302. The molecule has 0 atom stereocenters. The van der Waals surface area contributed by atoms with Crippen LogP contribution in [0.15, 0.2) is 22.7 Å². The molecule has 70 valence electrons. The van der Waals surface area contributed by atoms with Crippen LogP contribution in [0.25, 0.3) is 0 Å². The summed E-state index contributed by atoms with van der Waals surface area (Å²) in [6, 6.07) is 5.11. The highest BCUT2D eigenvalue weighted by atomic mass is 79.9. The first-order chi connectivity index (χ1) is 6.02. The number of benzene rings is 1. The second-order valence-corrected chi connectivity index (χ2v) is 4.09. The van der Waals surface area contributed by atoms with Gasteiger partial charge in [-0.2, -0.15) is 0 Å². The quantitative estimate of drug-likeness (QED) is 0.762. The summed E-state index contributed by atoms with van der Waals surface area (Å²) >= 11 is 9.05. The lowest BCUT2D eigenvalue weighted by atomic mass is 10.2. The zero-order chi connectivity index (χ0) is 10.0. The molecule has 4 heteroatoms. The molecular weight excluding hydrogens is 253 g/mol. The van der Waals surface area contributed by atoms with Crippen LogP contribution in [0, 0.1) is 0 Å². The molecule has 0 bridgehead atoms. The van der Waals surface area contributed by atoms with Crippen LogP contribution >= 0.6 is 27.5 Å². The van der Waals surface area contributed by atoms with Gasteiger partial charge in [0.1, 0.15) is 0 Å². The van der Waals surface area contributed by atoms with Gasteiger partial charge in [-0.1, -0.05) is 11.6 Å². The van der Waals surface area contributed by atoms with Crippen LogP contribution in [0.5, 0.6) is 0 Å². The Morgan fingerprint density at radius 2 is 2.08 bits per heavy atom. The van der Waals surface area contributed by atoms with Gasteiger partial charge in [0.15, 0.2) is 0 Å². The fraction of sp³-hybridized carbons (Fsp3) is 0.222. The van der Waals surface area contributed by atoms with E-state index < -0.39 is 0 Å². The summed E-state index contributed by atoms with van der Waals surface area (Å²) in [5, 5.41) is 0.607. The van der Waals surface area contributed by atoms with Crippen molar-refractivity contribution in [2.24, 2.45) is 0 Å². The molecule has 1 aromatic rings. The summed E-state index contributed by atoms with van der Waals surface area (Å²) in [6.45, 7) is 0. The molecule has 0 N–H and O–H groups in total. The molecule has 2 nitrogen and oxygen atoms in total. The van der Waals surface area contributed by atoms with E-state index in [1.165, 1.54) is 4.90 Å². The third-order valence-electron chi connectivity index (χ3n) is 1.57. The smallest absolute Gasteiger partial charge is 0.253 e. The normalized spacial score (nSPS) is 9.85. The molecule has 0 aromatic heterocycles. The average Bonchev–Trinajstić information content (AvgIpc) is 2.08. The van der Waals surface area contributed by atoms with Crippen molar-refractivity contribution in [3.63, 3.8) is 0 Å². The number of halogens is 2. The van der Waals surface area contributed by atoms with Crippen molar-refractivity contribution < 1.29 is 4.79 Å². The number of hydrogen-bond acceptors (Lipinski definition) is 1. The maximum atomic E-state index is 11.5. The van der Waals surface area contributed by atoms with E-state index in [1.807, 2.05) is 0 Å². The largest absolute Gasteiger partial charge is 0.345 e. The van der Waals surface area contributed by atoms with E-state index in [4.69, 9.17) is 11.6 Å². The second-order valence-electron chi connectivity index (χ2n) is 2.83. The minimum atomic E-state index is -0.0302. The van der Waals surface area contributed by atoms with Gasteiger partial charge in [-0.05, 0) is 34.1 Å². The average molecular weight is 263 g/mol. The van der Waals surface area contributed by atoms with Gasteiger partial charge < -0.3 is 4.90 Å². The second kappa shape index (κ2) is 4.11. The fourth-order valence-electron chi connectivity index (χ4n) is 0.887. The molecule has 0 heterocycles. The summed E-state index contributed by atoms with van der Waals surface area (Å²) in [5.74, 6) is -0.0302. The van der Waals surface area contributed by atoms with Crippen LogP contribution in [-0.2, 0) is 0 Å². The van der Waals surface area contributed by atoms with Crippen molar-refractivity contribution in [1.29, 1.82) is 0 Å². The molecular formula is C9H9BrClNO. The third kappa shape index (κ3) is 2.45. The van der Waals surface area contributed by atoms with E-state index in [-0.39, 0.29) is 5.91 Å². The Hall–Kier alpha value is -0.540. The number of hydrogen-bond donors (Lipinski definition) is 0. The van der Waals surface area contributed by atoms with Crippen molar-refractivity contribution in [3.8, 4) is 0 Å². The van der Waals surface area contributed by atoms with Gasteiger partial charge in [-0.3, -0.25) is 4.79 Å². The number of rotatable bonds is 1. The predicted molar refractivity (Wildman–Crippen MR) is 57.2 cm³/mol. The summed E-state index contributed by atoms with van der Waals surface area (Å²) < 4.78 is 0.738. The van der Waals surface area contributed by atoms with Crippen LogP contribution in [0.2, 0.25) is 5.02 Å². The first-order valence-corrected chi connectivity index (χ1v) is 4.86. The summed E-state index contributed by atoms with van der Waals surface area (Å²) in [5.41, 5.74) is 0.626. The highest BCUT2D eigenvalue weighted by Crippen LogP contribution is 2.23. The Bertz CT molecular complexity index is 338. The molecule has 0 fully saturated rings. The third-order valence-corrected chi connectivity index (χ3v) is 2.79.